The van der Waals surface area contributed by atoms with Crippen LogP contribution in [-0.2, 0) is 6.61 Å². The average molecular weight is 224 g/mol. The number of rotatable bonds is 3. The zero-order valence-corrected chi connectivity index (χ0v) is 8.99. The van der Waals surface area contributed by atoms with Crippen molar-refractivity contribution >= 4 is 11.6 Å². The summed E-state index contributed by atoms with van der Waals surface area (Å²) < 4.78 is 10.2. The Hall–Kier alpha value is -1.48. The molecule has 0 atom stereocenters. The van der Waals surface area contributed by atoms with Gasteiger partial charge in [0.2, 0.25) is 0 Å². The lowest BCUT2D eigenvalue weighted by Crippen LogP contribution is -1.95. The van der Waals surface area contributed by atoms with Crippen LogP contribution < -0.4 is 4.74 Å². The molecule has 1 aromatic heterocycles. The number of benzene rings is 1. The minimum absolute atomic E-state index is 0.400. The molecule has 0 aliphatic heterocycles. The topological polar surface area (TPSA) is 35.3 Å². The van der Waals surface area contributed by atoms with Crippen molar-refractivity contribution < 1.29 is 9.26 Å². The van der Waals surface area contributed by atoms with E-state index in [9.17, 15) is 0 Å². The number of hydrogen-bond acceptors (Lipinski definition) is 3. The summed E-state index contributed by atoms with van der Waals surface area (Å²) in [5.41, 5.74) is 1.76. The second-order valence-electron chi connectivity index (χ2n) is 3.19. The van der Waals surface area contributed by atoms with E-state index < -0.39 is 0 Å². The predicted molar refractivity (Wildman–Crippen MR) is 57.0 cm³/mol. The fourth-order valence-electron chi connectivity index (χ4n) is 1.18. The quantitative estimate of drug-likeness (QED) is 0.802. The van der Waals surface area contributed by atoms with E-state index in [0.717, 1.165) is 22.0 Å². The Morgan fingerprint density at radius 1 is 1.40 bits per heavy atom. The van der Waals surface area contributed by atoms with Crippen molar-refractivity contribution in [1.82, 2.24) is 5.16 Å². The fraction of sp³-hybridized carbons (Fsp3) is 0.182. The molecule has 3 nitrogen and oxygen atoms in total. The molecule has 0 saturated carbocycles. The van der Waals surface area contributed by atoms with E-state index in [4.69, 9.17) is 20.9 Å². The van der Waals surface area contributed by atoms with Crippen LogP contribution >= 0.6 is 11.6 Å². The smallest absolute Gasteiger partial charge is 0.134 e. The van der Waals surface area contributed by atoms with Crippen molar-refractivity contribution in [3.8, 4) is 5.75 Å². The third-order valence-electron chi connectivity index (χ3n) is 2.01. The third-order valence-corrected chi connectivity index (χ3v) is 2.43. The Kier molecular flexibility index (Phi) is 2.92. The van der Waals surface area contributed by atoms with E-state index in [-0.39, 0.29) is 0 Å². The number of halogens is 1. The van der Waals surface area contributed by atoms with Gasteiger partial charge < -0.3 is 9.26 Å². The van der Waals surface area contributed by atoms with Gasteiger partial charge in [-0.3, -0.25) is 0 Å². The monoisotopic (exact) mass is 223 g/mol. The maximum atomic E-state index is 5.90. The molecule has 15 heavy (non-hydrogen) atoms. The first-order chi connectivity index (χ1) is 7.25. The van der Waals surface area contributed by atoms with Crippen molar-refractivity contribution in [2.75, 3.05) is 0 Å². The molecule has 2 aromatic rings. The van der Waals surface area contributed by atoms with Crippen LogP contribution in [0.1, 0.15) is 11.3 Å². The Bertz CT molecular complexity index is 440. The van der Waals surface area contributed by atoms with Crippen molar-refractivity contribution in [2.45, 2.75) is 13.5 Å². The largest absolute Gasteiger partial charge is 0.487 e. The van der Waals surface area contributed by atoms with Gasteiger partial charge >= 0.3 is 0 Å². The highest BCUT2D eigenvalue weighted by Gasteiger charge is 2.00. The summed E-state index contributed by atoms with van der Waals surface area (Å²) in [6, 6.07) is 7.30. The predicted octanol–water partition coefficient (Wildman–Crippen LogP) is 3.22. The molecular formula is C11H10ClNO2. The zero-order valence-electron chi connectivity index (χ0n) is 8.24. The molecule has 0 spiro atoms. The van der Waals surface area contributed by atoms with Gasteiger partial charge in [-0.05, 0) is 30.7 Å². The van der Waals surface area contributed by atoms with E-state index in [1.54, 1.807) is 6.07 Å². The third kappa shape index (κ3) is 2.50. The summed E-state index contributed by atoms with van der Waals surface area (Å²) in [5.74, 6) is 0.778. The van der Waals surface area contributed by atoms with Crippen molar-refractivity contribution in [1.29, 1.82) is 0 Å². The van der Waals surface area contributed by atoms with Crippen LogP contribution in [0.25, 0.3) is 0 Å². The SMILES string of the molecule is Cc1cc(OCc2ccon2)ccc1Cl. The Morgan fingerprint density at radius 3 is 2.93 bits per heavy atom. The first-order valence-corrected chi connectivity index (χ1v) is 4.92. The highest BCUT2D eigenvalue weighted by molar-refractivity contribution is 6.31. The molecule has 2 rings (SSSR count). The van der Waals surface area contributed by atoms with Gasteiger partial charge in [0.25, 0.3) is 0 Å². The lowest BCUT2D eigenvalue weighted by atomic mass is 10.2. The minimum atomic E-state index is 0.400. The van der Waals surface area contributed by atoms with E-state index in [1.807, 2.05) is 25.1 Å². The molecule has 4 heteroatoms. The van der Waals surface area contributed by atoms with Crippen LogP contribution in [0.3, 0.4) is 0 Å². The fourth-order valence-corrected chi connectivity index (χ4v) is 1.29. The normalized spacial score (nSPS) is 10.3. The van der Waals surface area contributed by atoms with Gasteiger partial charge in [-0.15, -0.1) is 0 Å². The lowest BCUT2D eigenvalue weighted by Gasteiger charge is -2.05. The van der Waals surface area contributed by atoms with Crippen LogP contribution in [0.5, 0.6) is 5.75 Å². The Labute approximate surface area is 92.6 Å². The molecule has 1 aromatic carbocycles. The summed E-state index contributed by atoms with van der Waals surface area (Å²) in [6.45, 7) is 2.34. The molecule has 0 radical (unpaired) electrons. The van der Waals surface area contributed by atoms with Crippen LogP contribution in [0.15, 0.2) is 35.1 Å². The molecule has 0 saturated heterocycles. The molecular weight excluding hydrogens is 214 g/mol. The molecule has 0 unspecified atom stereocenters. The number of hydrogen-bond donors (Lipinski definition) is 0. The van der Waals surface area contributed by atoms with Crippen LogP contribution in [0.2, 0.25) is 5.02 Å². The standard InChI is InChI=1S/C11H10ClNO2/c1-8-6-10(2-3-11(8)12)14-7-9-4-5-15-13-9/h2-6H,7H2,1H3. The van der Waals surface area contributed by atoms with Crippen LogP contribution in [-0.4, -0.2) is 5.16 Å². The van der Waals surface area contributed by atoms with Gasteiger partial charge in [0.15, 0.2) is 0 Å². The first-order valence-electron chi connectivity index (χ1n) is 4.54. The molecule has 0 bridgehead atoms. The number of nitrogens with zero attached hydrogens (tertiary/aromatic N) is 1. The molecule has 0 aliphatic rings. The maximum Gasteiger partial charge on any atom is 0.134 e. The van der Waals surface area contributed by atoms with Gasteiger partial charge in [0.05, 0.1) is 0 Å². The van der Waals surface area contributed by atoms with E-state index in [2.05, 4.69) is 5.16 Å². The van der Waals surface area contributed by atoms with E-state index >= 15 is 0 Å². The summed E-state index contributed by atoms with van der Waals surface area (Å²) in [6.07, 6.45) is 1.52. The molecule has 0 aliphatic carbocycles. The van der Waals surface area contributed by atoms with E-state index in [1.165, 1.54) is 6.26 Å². The summed E-state index contributed by atoms with van der Waals surface area (Å²) in [7, 11) is 0. The Morgan fingerprint density at radius 2 is 2.27 bits per heavy atom. The minimum Gasteiger partial charge on any atom is -0.487 e. The second-order valence-corrected chi connectivity index (χ2v) is 3.60. The lowest BCUT2D eigenvalue weighted by molar-refractivity contribution is 0.289. The first kappa shape index (κ1) is 10.1. The molecule has 0 amide bonds. The second kappa shape index (κ2) is 4.36. The number of aryl methyl sites for hydroxylation is 1. The summed E-state index contributed by atoms with van der Waals surface area (Å²) >= 11 is 5.90. The van der Waals surface area contributed by atoms with Gasteiger partial charge in [-0.1, -0.05) is 16.8 Å². The van der Waals surface area contributed by atoms with E-state index in [0.29, 0.717) is 6.61 Å². The zero-order chi connectivity index (χ0) is 10.7. The number of ether oxygens (including phenoxy) is 1. The van der Waals surface area contributed by atoms with Gasteiger partial charge in [-0.25, -0.2) is 0 Å². The van der Waals surface area contributed by atoms with Crippen molar-refractivity contribution in [3.63, 3.8) is 0 Å². The average Bonchev–Trinajstić information content (AvgIpc) is 2.73. The Balaban J connectivity index is 2.02. The molecule has 78 valence electrons. The molecule has 0 N–H and O–H groups in total. The highest BCUT2D eigenvalue weighted by atomic mass is 35.5. The van der Waals surface area contributed by atoms with Crippen LogP contribution in [0.4, 0.5) is 0 Å². The molecule has 0 fully saturated rings. The van der Waals surface area contributed by atoms with Crippen molar-refractivity contribution in [2.24, 2.45) is 0 Å². The summed E-state index contributed by atoms with van der Waals surface area (Å²) in [5, 5.41) is 4.48. The van der Waals surface area contributed by atoms with Gasteiger partial charge in [-0.2, -0.15) is 0 Å². The summed E-state index contributed by atoms with van der Waals surface area (Å²) in [4.78, 5) is 0. The van der Waals surface area contributed by atoms with Crippen LogP contribution in [0, 0.1) is 6.92 Å². The van der Waals surface area contributed by atoms with Gasteiger partial charge in [0.1, 0.15) is 24.3 Å². The van der Waals surface area contributed by atoms with Gasteiger partial charge in [0, 0.05) is 11.1 Å². The van der Waals surface area contributed by atoms with Crippen molar-refractivity contribution in [3.05, 3.63) is 46.8 Å². The highest BCUT2D eigenvalue weighted by Crippen LogP contribution is 2.21. The maximum absolute atomic E-state index is 5.90. The number of aromatic nitrogens is 1. The molecule has 1 heterocycles.